The average Bonchev–Trinajstić information content (AvgIpc) is 1.59. The van der Waals surface area contributed by atoms with Crippen LogP contribution in [0.25, 0.3) is 10.4 Å². The summed E-state index contributed by atoms with van der Waals surface area (Å²) in [5, 5.41) is 3.75. The summed E-state index contributed by atoms with van der Waals surface area (Å²) in [4.78, 5) is 34.5. The quantitative estimate of drug-likeness (QED) is 0.0140. The Kier molecular flexibility index (Phi) is 23.1. The van der Waals surface area contributed by atoms with Crippen LogP contribution in [0.5, 0.6) is 0 Å². The Morgan fingerprint density at radius 2 is 0.866 bits per heavy atom. The van der Waals surface area contributed by atoms with Gasteiger partial charge in [0.15, 0.2) is 25.2 Å². The van der Waals surface area contributed by atoms with Crippen LogP contribution in [-0.4, -0.2) is 135 Å². The molecule has 97 heavy (non-hydrogen) atoms. The summed E-state index contributed by atoms with van der Waals surface area (Å²) in [6, 6.07) is 73.4. The standard InChI is InChI=1S/C77H78N4O16/c1-51-64(86-44-53-27-11-3-12-28-53)68(88-46-55-31-15-5-16-32-55)70(90-48-57-35-19-7-20-36-57)76(92-51)97-71-69(89-47-56-33-17-6-18-34-56)65(87-45-54-29-13-4-14-30-54)61(49-84-43-52-25-9-2-10-26-52)94-77(71)96-67-63(81-72(82)59-39-23-24-40-60(59)73(81)83)75(85-42-41-79-80-78)93-62-50-91-74(95-66(62)67)58-37-21-8-22-38-58/h2-40,51,61-71,74-77H,41-50H2,1H3/t51-,61+,62+,63+,64-,65-,66+,67+,68+,69-,70+,71+,74?,75+,76-,77-/m0/s1. The Labute approximate surface area is 563 Å². The fourth-order valence-corrected chi connectivity index (χ4v) is 13.0. The van der Waals surface area contributed by atoms with E-state index in [9.17, 15) is 5.53 Å². The highest BCUT2D eigenvalue weighted by molar-refractivity contribution is 6.21. The molecule has 8 aromatic rings. The van der Waals surface area contributed by atoms with E-state index in [4.69, 9.17) is 66.3 Å². The maximum atomic E-state index is 15.2. The highest BCUT2D eigenvalue weighted by Gasteiger charge is 2.61. The van der Waals surface area contributed by atoms with E-state index in [0.29, 0.717) is 5.56 Å². The third kappa shape index (κ3) is 16.6. The van der Waals surface area contributed by atoms with E-state index in [1.165, 1.54) is 0 Å². The van der Waals surface area contributed by atoms with Gasteiger partial charge in [0.1, 0.15) is 67.1 Å². The molecule has 13 rings (SSSR count). The Hall–Kier alpha value is -8.35. The largest absolute Gasteiger partial charge is 0.374 e. The maximum Gasteiger partial charge on any atom is 0.262 e. The van der Waals surface area contributed by atoms with Gasteiger partial charge in [-0.1, -0.05) is 230 Å². The first-order valence-corrected chi connectivity index (χ1v) is 32.9. The minimum atomic E-state index is -1.56. The number of imide groups is 1. The molecule has 0 aliphatic carbocycles. The number of nitrogens with zero attached hydrogens (tertiary/aromatic N) is 4. The molecule has 4 fully saturated rings. The van der Waals surface area contributed by atoms with Gasteiger partial charge in [0.05, 0.1) is 76.7 Å². The molecule has 8 aromatic carbocycles. The van der Waals surface area contributed by atoms with Gasteiger partial charge in [0.2, 0.25) is 0 Å². The molecule has 0 saturated carbocycles. The molecule has 20 nitrogen and oxygen atoms in total. The molecule has 20 heteroatoms. The van der Waals surface area contributed by atoms with Gasteiger partial charge in [-0.15, -0.1) is 0 Å². The van der Waals surface area contributed by atoms with E-state index in [1.807, 2.05) is 219 Å². The Morgan fingerprint density at radius 1 is 0.443 bits per heavy atom. The number of fused-ring (bicyclic) bond motifs is 2. The average molecular weight is 1320 g/mol. The summed E-state index contributed by atoms with van der Waals surface area (Å²) in [5.41, 5.74) is 15.8. The maximum absolute atomic E-state index is 15.2. The van der Waals surface area contributed by atoms with E-state index in [0.717, 1.165) is 38.3 Å². The number of benzene rings is 8. The fourth-order valence-electron chi connectivity index (χ4n) is 13.0. The Morgan fingerprint density at radius 3 is 1.37 bits per heavy atom. The summed E-state index contributed by atoms with van der Waals surface area (Å²) in [6.07, 6.45) is -16.6. The molecular weight excluding hydrogens is 1240 g/mol. The van der Waals surface area contributed by atoms with Crippen molar-refractivity contribution < 1.29 is 75.9 Å². The predicted octanol–water partition coefficient (Wildman–Crippen LogP) is 12.2. The number of amides is 2. The van der Waals surface area contributed by atoms with Crippen molar-refractivity contribution in [1.29, 1.82) is 0 Å². The van der Waals surface area contributed by atoms with Gasteiger partial charge in [-0.05, 0) is 58.0 Å². The van der Waals surface area contributed by atoms with Gasteiger partial charge >= 0.3 is 0 Å². The molecule has 0 N–H and O–H groups in total. The van der Waals surface area contributed by atoms with Crippen molar-refractivity contribution in [3.8, 4) is 0 Å². The lowest BCUT2D eigenvalue weighted by Crippen LogP contribution is -2.71. The molecule has 4 saturated heterocycles. The van der Waals surface area contributed by atoms with Crippen molar-refractivity contribution in [2.45, 2.75) is 145 Å². The first kappa shape index (κ1) is 67.2. The first-order chi connectivity index (χ1) is 47.8. The molecule has 5 aliphatic heterocycles. The second-order valence-electron chi connectivity index (χ2n) is 24.3. The Bertz CT molecular complexity index is 3760. The van der Waals surface area contributed by atoms with Crippen LogP contribution in [0, 0.1) is 0 Å². The van der Waals surface area contributed by atoms with Crippen LogP contribution in [0.3, 0.4) is 0 Å². The van der Waals surface area contributed by atoms with Gasteiger partial charge < -0.3 is 66.3 Å². The lowest BCUT2D eigenvalue weighted by molar-refractivity contribution is -0.405. The van der Waals surface area contributed by atoms with E-state index in [2.05, 4.69) is 10.0 Å². The second kappa shape index (κ2) is 33.3. The second-order valence-corrected chi connectivity index (χ2v) is 24.3. The molecule has 5 heterocycles. The summed E-state index contributed by atoms with van der Waals surface area (Å²) in [7, 11) is 0. The zero-order chi connectivity index (χ0) is 66.1. The molecule has 5 aliphatic rings. The molecule has 502 valence electrons. The highest BCUT2D eigenvalue weighted by atomic mass is 16.8. The van der Waals surface area contributed by atoms with Gasteiger partial charge in [0, 0.05) is 17.0 Å². The van der Waals surface area contributed by atoms with Crippen molar-refractivity contribution in [2.75, 3.05) is 26.4 Å². The number of rotatable bonds is 29. The number of carbonyl (C=O) groups is 2. The van der Waals surface area contributed by atoms with E-state index in [1.54, 1.807) is 24.3 Å². The van der Waals surface area contributed by atoms with Crippen molar-refractivity contribution in [2.24, 2.45) is 5.11 Å². The molecule has 0 bridgehead atoms. The van der Waals surface area contributed by atoms with E-state index >= 15 is 9.59 Å². The minimum Gasteiger partial charge on any atom is -0.374 e. The van der Waals surface area contributed by atoms with Crippen molar-refractivity contribution in [3.63, 3.8) is 0 Å². The van der Waals surface area contributed by atoms with Crippen LogP contribution >= 0.6 is 0 Å². The molecule has 1 unspecified atom stereocenters. The van der Waals surface area contributed by atoms with Crippen LogP contribution < -0.4 is 0 Å². The highest BCUT2D eigenvalue weighted by Crippen LogP contribution is 2.43. The SMILES string of the molecule is C[C@@H]1O[C@@H](O[C@H]2[C@H](O[C@H]3[C@@H]4OC(c5ccccc5)OC[C@H]4O[C@@H](OCCN=[N+]=[N-])[C@@H]3N3C(=O)c4ccccc4C3=O)O[C@H](COCc3ccccc3)[C@H](OCc3ccccc3)[C@@H]2OCc2ccccc2)[C@H](OCc2ccccc2)[C@H](OCc2ccccc2)[C@H]1OCc1ccccc1. The topological polar surface area (TPSA) is 215 Å². The van der Waals surface area contributed by atoms with Gasteiger partial charge in [-0.2, -0.15) is 0 Å². The third-order valence-electron chi connectivity index (χ3n) is 17.8. The van der Waals surface area contributed by atoms with Crippen molar-refractivity contribution >= 4 is 11.8 Å². The van der Waals surface area contributed by atoms with Crippen LogP contribution in [-0.2, 0) is 106 Å². The molecular formula is C77H78N4O16. The van der Waals surface area contributed by atoms with Gasteiger partial charge in [0.25, 0.3) is 11.8 Å². The monoisotopic (exact) mass is 1310 g/mol. The van der Waals surface area contributed by atoms with Crippen molar-refractivity contribution in [1.82, 2.24) is 4.90 Å². The van der Waals surface area contributed by atoms with Gasteiger partial charge in [-0.3, -0.25) is 14.5 Å². The van der Waals surface area contributed by atoms with E-state index in [-0.39, 0.29) is 77.1 Å². The first-order valence-electron chi connectivity index (χ1n) is 32.9. The minimum absolute atomic E-state index is 0.0505. The number of hydrogen-bond acceptors (Lipinski definition) is 17. The van der Waals surface area contributed by atoms with Crippen LogP contribution in [0.4, 0.5) is 0 Å². The molecule has 0 aromatic heterocycles. The predicted molar refractivity (Wildman–Crippen MR) is 353 cm³/mol. The van der Waals surface area contributed by atoms with Crippen LogP contribution in [0.1, 0.15) is 72.9 Å². The summed E-state index contributed by atoms with van der Waals surface area (Å²) < 4.78 is 99.7. The van der Waals surface area contributed by atoms with Crippen molar-refractivity contribution in [3.05, 3.63) is 297 Å². The summed E-state index contributed by atoms with van der Waals surface area (Å²) in [6.45, 7) is 2.38. The zero-order valence-corrected chi connectivity index (χ0v) is 53.6. The zero-order valence-electron chi connectivity index (χ0n) is 53.6. The molecule has 16 atom stereocenters. The fraction of sp³-hybridized carbons (Fsp3) is 0.351. The molecule has 0 radical (unpaired) electrons. The summed E-state index contributed by atoms with van der Waals surface area (Å²) in [5.74, 6) is -1.26. The van der Waals surface area contributed by atoms with Crippen LogP contribution in [0.2, 0.25) is 0 Å². The lowest BCUT2D eigenvalue weighted by Gasteiger charge is -2.53. The Balaban J connectivity index is 0.963. The summed E-state index contributed by atoms with van der Waals surface area (Å²) >= 11 is 0. The van der Waals surface area contributed by atoms with E-state index < -0.39 is 110 Å². The number of carbonyl (C=O) groups excluding carboxylic acids is 2. The number of hydrogen-bond donors (Lipinski definition) is 0. The normalized spacial score (nSPS) is 27.7. The molecule has 2 amide bonds. The number of ether oxygens (including phenoxy) is 14. The molecule has 0 spiro atoms. The smallest absolute Gasteiger partial charge is 0.262 e. The third-order valence-corrected chi connectivity index (χ3v) is 17.8. The van der Waals surface area contributed by atoms with Crippen LogP contribution in [0.15, 0.2) is 242 Å². The number of azide groups is 1. The lowest BCUT2D eigenvalue weighted by atomic mass is 9.93. The van der Waals surface area contributed by atoms with Gasteiger partial charge in [-0.25, -0.2) is 0 Å².